The maximum absolute atomic E-state index is 6.57. The van der Waals surface area contributed by atoms with Crippen molar-refractivity contribution in [3.8, 4) is 28.4 Å². The van der Waals surface area contributed by atoms with Gasteiger partial charge in [0.15, 0.2) is 0 Å². The first-order valence-electron chi connectivity index (χ1n) is 9.40. The number of rotatable bonds is 3. The first-order valence-corrected chi connectivity index (χ1v) is 10.8. The summed E-state index contributed by atoms with van der Waals surface area (Å²) in [5.41, 5.74) is 2.23. The number of benzene rings is 2. The summed E-state index contributed by atoms with van der Waals surface area (Å²) in [6, 6.07) is 12.3. The van der Waals surface area contributed by atoms with Crippen LogP contribution in [0, 0.1) is 5.41 Å². The van der Waals surface area contributed by atoms with Gasteiger partial charge >= 0.3 is 0 Å². The monoisotopic (exact) mass is 386 g/mol. The van der Waals surface area contributed by atoms with E-state index in [1.165, 1.54) is 5.30 Å². The molecule has 0 amide bonds. The Hall–Kier alpha value is -1.73. The number of hydrogen-bond donors (Lipinski definition) is 0. The van der Waals surface area contributed by atoms with Crippen LogP contribution in [0.15, 0.2) is 36.4 Å². The Kier molecular flexibility index (Phi) is 5.20. The number of fused-ring (bicyclic) bond motifs is 1. The zero-order valence-corrected chi connectivity index (χ0v) is 18.6. The third kappa shape index (κ3) is 3.55. The van der Waals surface area contributed by atoms with Crippen LogP contribution >= 0.6 is 7.92 Å². The van der Waals surface area contributed by atoms with Gasteiger partial charge in [0.1, 0.15) is 23.1 Å². The minimum atomic E-state index is -0.566. The summed E-state index contributed by atoms with van der Waals surface area (Å²) >= 11 is 0. The second-order valence-corrected chi connectivity index (χ2v) is 12.1. The van der Waals surface area contributed by atoms with Crippen LogP contribution in [0.4, 0.5) is 0 Å². The van der Waals surface area contributed by atoms with Gasteiger partial charge in [-0.05, 0) is 31.3 Å². The highest BCUT2D eigenvalue weighted by atomic mass is 31.1. The third-order valence-electron chi connectivity index (χ3n) is 4.87. The van der Waals surface area contributed by atoms with Crippen LogP contribution in [0.5, 0.6) is 17.2 Å². The predicted octanol–water partition coefficient (Wildman–Crippen LogP) is 6.04. The smallest absolute Gasteiger partial charge is 0.130 e. The van der Waals surface area contributed by atoms with Gasteiger partial charge < -0.3 is 14.2 Å². The molecule has 0 aromatic heterocycles. The second-order valence-electron chi connectivity index (χ2n) is 9.07. The molecule has 3 rings (SSSR count). The minimum absolute atomic E-state index is 0.0557. The van der Waals surface area contributed by atoms with E-state index in [1.54, 1.807) is 14.2 Å². The van der Waals surface area contributed by atoms with Crippen LogP contribution in [0.2, 0.25) is 0 Å². The van der Waals surface area contributed by atoms with Crippen molar-refractivity contribution in [3.63, 3.8) is 0 Å². The van der Waals surface area contributed by atoms with E-state index >= 15 is 0 Å². The average Bonchev–Trinajstić information content (AvgIpc) is 3.01. The van der Waals surface area contributed by atoms with Crippen LogP contribution < -0.4 is 19.5 Å². The van der Waals surface area contributed by atoms with Crippen molar-refractivity contribution >= 4 is 13.2 Å². The van der Waals surface area contributed by atoms with Crippen LogP contribution in [-0.4, -0.2) is 25.2 Å². The lowest BCUT2D eigenvalue weighted by atomic mass is 9.98. The fraction of sp³-hybridized carbons (Fsp3) is 0.478. The van der Waals surface area contributed by atoms with Crippen LogP contribution in [-0.2, 0) is 0 Å². The van der Waals surface area contributed by atoms with Gasteiger partial charge in [-0.2, -0.15) is 0 Å². The van der Waals surface area contributed by atoms with Crippen LogP contribution in [0.1, 0.15) is 41.5 Å². The molecule has 0 saturated heterocycles. The van der Waals surface area contributed by atoms with E-state index in [-0.39, 0.29) is 16.4 Å². The summed E-state index contributed by atoms with van der Waals surface area (Å²) in [5.74, 6) is 2.82. The Balaban J connectivity index is 2.30. The quantitative estimate of drug-likeness (QED) is 0.602. The molecule has 0 spiro atoms. The standard InChI is InChI=1S/C23H31O3P/c1-22(2,3)21-26-18-14-9-11-15(20(18)27(21)23(4,5)6)19-16(24-7)12-10-13-17(19)25-8/h9-14,21H,1-8H3/t21-,27+/m1/s1. The molecule has 1 aliphatic heterocycles. The summed E-state index contributed by atoms with van der Waals surface area (Å²) in [5, 5.41) is 1.44. The lowest BCUT2D eigenvalue weighted by Crippen LogP contribution is -2.33. The van der Waals surface area contributed by atoms with Crippen molar-refractivity contribution in [2.45, 2.75) is 52.5 Å². The fourth-order valence-corrected chi connectivity index (χ4v) is 7.14. The second kappa shape index (κ2) is 7.02. The third-order valence-corrected chi connectivity index (χ3v) is 8.61. The SMILES string of the molecule is COc1cccc(OC)c1-c1cccc2c1[P@](C(C)(C)C)[C@H](C(C)(C)C)O2. The zero-order chi connectivity index (χ0) is 20.0. The molecular weight excluding hydrogens is 355 g/mol. The Bertz CT molecular complexity index is 808. The molecule has 1 heterocycles. The zero-order valence-electron chi connectivity index (χ0n) is 17.7. The molecule has 0 unspecified atom stereocenters. The van der Waals surface area contributed by atoms with E-state index in [0.29, 0.717) is 0 Å². The highest BCUT2D eigenvalue weighted by Gasteiger charge is 2.48. The van der Waals surface area contributed by atoms with Gasteiger partial charge in [0, 0.05) is 16.3 Å². The number of methoxy groups -OCH3 is 2. The van der Waals surface area contributed by atoms with Gasteiger partial charge in [-0.1, -0.05) is 59.7 Å². The van der Waals surface area contributed by atoms with Crippen molar-refractivity contribution < 1.29 is 14.2 Å². The summed E-state index contributed by atoms with van der Waals surface area (Å²) < 4.78 is 18.0. The normalized spacial score (nSPS) is 19.4. The van der Waals surface area contributed by atoms with Crippen LogP contribution in [0.25, 0.3) is 11.1 Å². The lowest BCUT2D eigenvalue weighted by molar-refractivity contribution is 0.166. The Morgan fingerprint density at radius 2 is 1.41 bits per heavy atom. The van der Waals surface area contributed by atoms with Gasteiger partial charge in [-0.25, -0.2) is 0 Å². The fourth-order valence-electron chi connectivity index (χ4n) is 3.73. The Morgan fingerprint density at radius 3 is 1.89 bits per heavy atom. The molecule has 2 aromatic rings. The number of ether oxygens (including phenoxy) is 3. The lowest BCUT2D eigenvalue weighted by Gasteiger charge is -2.38. The predicted molar refractivity (Wildman–Crippen MR) is 115 cm³/mol. The maximum atomic E-state index is 6.57. The van der Waals surface area contributed by atoms with Crippen molar-refractivity contribution in [1.29, 1.82) is 0 Å². The van der Waals surface area contributed by atoms with E-state index in [0.717, 1.165) is 28.4 Å². The van der Waals surface area contributed by atoms with E-state index in [1.807, 2.05) is 18.2 Å². The van der Waals surface area contributed by atoms with Gasteiger partial charge in [0.25, 0.3) is 0 Å². The number of hydrogen-bond acceptors (Lipinski definition) is 3. The van der Waals surface area contributed by atoms with E-state index < -0.39 is 7.92 Å². The van der Waals surface area contributed by atoms with Gasteiger partial charge in [0.05, 0.1) is 19.8 Å². The topological polar surface area (TPSA) is 27.7 Å². The molecule has 0 bridgehead atoms. The highest BCUT2D eigenvalue weighted by molar-refractivity contribution is 7.68. The molecule has 0 aliphatic carbocycles. The van der Waals surface area contributed by atoms with Crippen molar-refractivity contribution in [2.75, 3.05) is 14.2 Å². The molecule has 27 heavy (non-hydrogen) atoms. The molecule has 0 saturated carbocycles. The molecule has 1 aliphatic rings. The molecule has 0 radical (unpaired) electrons. The molecular formula is C23H31O3P. The molecule has 0 N–H and O–H groups in total. The summed E-state index contributed by atoms with van der Waals surface area (Å²) in [4.78, 5) is 0. The van der Waals surface area contributed by atoms with E-state index in [2.05, 4.69) is 59.7 Å². The average molecular weight is 386 g/mol. The van der Waals surface area contributed by atoms with Crippen molar-refractivity contribution in [2.24, 2.45) is 5.41 Å². The van der Waals surface area contributed by atoms with Crippen molar-refractivity contribution in [3.05, 3.63) is 36.4 Å². The first-order chi connectivity index (χ1) is 12.6. The molecule has 2 aromatic carbocycles. The first kappa shape index (κ1) is 20.0. The highest BCUT2D eigenvalue weighted by Crippen LogP contribution is 2.64. The summed E-state index contributed by atoms with van der Waals surface area (Å²) in [7, 11) is 2.86. The largest absolute Gasteiger partial charge is 0.496 e. The molecule has 3 nitrogen and oxygen atoms in total. The minimum Gasteiger partial charge on any atom is -0.496 e. The molecule has 146 valence electrons. The maximum Gasteiger partial charge on any atom is 0.130 e. The van der Waals surface area contributed by atoms with Crippen molar-refractivity contribution in [1.82, 2.24) is 0 Å². The Morgan fingerprint density at radius 1 is 0.852 bits per heavy atom. The molecule has 4 heteroatoms. The van der Waals surface area contributed by atoms with E-state index in [9.17, 15) is 0 Å². The summed E-state index contributed by atoms with van der Waals surface area (Å²) in [6.07, 6.45) is 0. The Labute approximate surface area is 164 Å². The van der Waals surface area contributed by atoms with Crippen LogP contribution in [0.3, 0.4) is 0 Å². The van der Waals surface area contributed by atoms with Gasteiger partial charge in [0.2, 0.25) is 0 Å². The molecule has 0 fully saturated rings. The summed E-state index contributed by atoms with van der Waals surface area (Å²) in [6.45, 7) is 13.8. The van der Waals surface area contributed by atoms with Gasteiger partial charge in [-0.3, -0.25) is 0 Å². The molecule has 2 atom stereocenters. The van der Waals surface area contributed by atoms with Gasteiger partial charge in [-0.15, -0.1) is 0 Å². The van der Waals surface area contributed by atoms with E-state index in [4.69, 9.17) is 14.2 Å².